The van der Waals surface area contributed by atoms with Crippen LogP contribution in [0.2, 0.25) is 0 Å². The molecule has 2 rings (SSSR count). The van der Waals surface area contributed by atoms with Gasteiger partial charge in [0.1, 0.15) is 0 Å². The first-order chi connectivity index (χ1) is 10.1. The van der Waals surface area contributed by atoms with Crippen molar-refractivity contribution >= 4 is 21.7 Å². The molecule has 108 valence electrons. The van der Waals surface area contributed by atoms with E-state index < -0.39 is 0 Å². The van der Waals surface area contributed by atoms with Crippen LogP contribution in [0.3, 0.4) is 0 Å². The molecule has 21 heavy (non-hydrogen) atoms. The highest BCUT2D eigenvalue weighted by atomic mass is 79.9. The molecule has 3 nitrogen and oxygen atoms in total. The third-order valence-electron chi connectivity index (χ3n) is 3.13. The number of carbonyl (C=O) groups excluding carboxylic acids is 1. The van der Waals surface area contributed by atoms with Gasteiger partial charge >= 0.3 is 0 Å². The summed E-state index contributed by atoms with van der Waals surface area (Å²) in [5, 5.41) is 0. The predicted molar refractivity (Wildman–Crippen MR) is 87.2 cm³/mol. The van der Waals surface area contributed by atoms with Crippen LogP contribution >= 0.6 is 15.9 Å². The van der Waals surface area contributed by atoms with Crippen molar-refractivity contribution in [3.05, 3.63) is 59.1 Å². The molecule has 0 saturated heterocycles. The number of allylic oxidation sites excluding steroid dienone is 1. The van der Waals surface area contributed by atoms with E-state index in [1.54, 1.807) is 26.4 Å². The zero-order valence-corrected chi connectivity index (χ0v) is 13.4. The van der Waals surface area contributed by atoms with Gasteiger partial charge < -0.3 is 9.47 Å². The average Bonchev–Trinajstić information content (AvgIpc) is 2.53. The molecule has 0 radical (unpaired) electrons. The van der Waals surface area contributed by atoms with Crippen molar-refractivity contribution < 1.29 is 14.3 Å². The SMILES string of the molecule is C=CC(=O)c1cc(OC)c(OC)cc1-c1ccc(Br)cc1. The minimum atomic E-state index is -0.158. The zero-order chi connectivity index (χ0) is 15.4. The maximum absolute atomic E-state index is 12.1. The van der Waals surface area contributed by atoms with Gasteiger partial charge in [-0.05, 0) is 41.5 Å². The van der Waals surface area contributed by atoms with Crippen LogP contribution < -0.4 is 9.47 Å². The Bertz CT molecular complexity index is 675. The second-order valence-corrected chi connectivity index (χ2v) is 5.24. The molecule has 0 atom stereocenters. The van der Waals surface area contributed by atoms with Gasteiger partial charge in [-0.2, -0.15) is 0 Å². The van der Waals surface area contributed by atoms with Crippen molar-refractivity contribution in [2.75, 3.05) is 14.2 Å². The summed E-state index contributed by atoms with van der Waals surface area (Å²) in [6, 6.07) is 11.2. The molecule has 0 aromatic heterocycles. The molecule has 0 fully saturated rings. The summed E-state index contributed by atoms with van der Waals surface area (Å²) in [5.74, 6) is 0.938. The van der Waals surface area contributed by atoms with E-state index in [1.165, 1.54) is 6.08 Å². The molecule has 2 aromatic rings. The lowest BCUT2D eigenvalue weighted by Gasteiger charge is -2.14. The number of hydrogen-bond donors (Lipinski definition) is 0. The molecule has 2 aromatic carbocycles. The van der Waals surface area contributed by atoms with Gasteiger partial charge in [0, 0.05) is 10.0 Å². The minimum Gasteiger partial charge on any atom is -0.493 e. The fourth-order valence-corrected chi connectivity index (χ4v) is 2.33. The van der Waals surface area contributed by atoms with Gasteiger partial charge in [0.05, 0.1) is 14.2 Å². The first-order valence-electron chi connectivity index (χ1n) is 6.29. The maximum Gasteiger partial charge on any atom is 0.186 e. The summed E-state index contributed by atoms with van der Waals surface area (Å²) in [6.45, 7) is 3.55. The summed E-state index contributed by atoms with van der Waals surface area (Å²) in [7, 11) is 3.11. The number of ketones is 1. The van der Waals surface area contributed by atoms with Crippen molar-refractivity contribution in [1.82, 2.24) is 0 Å². The van der Waals surface area contributed by atoms with Crippen molar-refractivity contribution in [3.63, 3.8) is 0 Å². The maximum atomic E-state index is 12.1. The van der Waals surface area contributed by atoms with Gasteiger partial charge in [0.25, 0.3) is 0 Å². The second kappa shape index (κ2) is 6.59. The Morgan fingerprint density at radius 2 is 1.67 bits per heavy atom. The lowest BCUT2D eigenvalue weighted by molar-refractivity contribution is 0.104. The molecule has 0 bridgehead atoms. The standard InChI is InChI=1S/C17H15BrO3/c1-4-15(19)14-10-17(21-3)16(20-2)9-13(14)11-5-7-12(18)8-6-11/h4-10H,1H2,2-3H3. The molecule has 0 saturated carbocycles. The van der Waals surface area contributed by atoms with Gasteiger partial charge in [-0.25, -0.2) is 0 Å². The van der Waals surface area contributed by atoms with E-state index in [2.05, 4.69) is 22.5 Å². The van der Waals surface area contributed by atoms with Crippen LogP contribution in [0.15, 0.2) is 53.5 Å². The smallest absolute Gasteiger partial charge is 0.186 e. The van der Waals surface area contributed by atoms with Crippen LogP contribution in [0.1, 0.15) is 10.4 Å². The fraction of sp³-hybridized carbons (Fsp3) is 0.118. The van der Waals surface area contributed by atoms with E-state index >= 15 is 0 Å². The summed E-state index contributed by atoms with van der Waals surface area (Å²) in [6.07, 6.45) is 1.30. The highest BCUT2D eigenvalue weighted by Crippen LogP contribution is 2.36. The number of benzene rings is 2. The van der Waals surface area contributed by atoms with Crippen LogP contribution in [0.4, 0.5) is 0 Å². The molecule has 0 spiro atoms. The van der Waals surface area contributed by atoms with Gasteiger partial charge in [-0.1, -0.05) is 34.6 Å². The van der Waals surface area contributed by atoms with E-state index in [1.807, 2.05) is 24.3 Å². The first kappa shape index (κ1) is 15.3. The van der Waals surface area contributed by atoms with Crippen LogP contribution in [-0.4, -0.2) is 20.0 Å². The fourth-order valence-electron chi connectivity index (χ4n) is 2.06. The van der Waals surface area contributed by atoms with Crippen molar-refractivity contribution in [2.45, 2.75) is 0 Å². The number of rotatable bonds is 5. The Kier molecular flexibility index (Phi) is 4.81. The average molecular weight is 347 g/mol. The third kappa shape index (κ3) is 3.16. The molecule has 4 heteroatoms. The molecule has 0 unspecified atom stereocenters. The second-order valence-electron chi connectivity index (χ2n) is 4.33. The van der Waals surface area contributed by atoms with Gasteiger partial charge in [0.2, 0.25) is 0 Å². The Balaban J connectivity index is 2.69. The van der Waals surface area contributed by atoms with E-state index in [0.717, 1.165) is 15.6 Å². The zero-order valence-electron chi connectivity index (χ0n) is 11.9. The molecular weight excluding hydrogens is 332 g/mol. The molecule has 0 N–H and O–H groups in total. The highest BCUT2D eigenvalue weighted by molar-refractivity contribution is 9.10. The Morgan fingerprint density at radius 1 is 1.10 bits per heavy atom. The predicted octanol–water partition coefficient (Wildman–Crippen LogP) is 4.50. The number of halogens is 1. The Hall–Kier alpha value is -2.07. The van der Waals surface area contributed by atoms with Crippen LogP contribution in [0.25, 0.3) is 11.1 Å². The highest BCUT2D eigenvalue weighted by Gasteiger charge is 2.16. The van der Waals surface area contributed by atoms with Crippen molar-refractivity contribution in [1.29, 1.82) is 0 Å². The summed E-state index contributed by atoms with van der Waals surface area (Å²) in [4.78, 5) is 12.1. The lowest BCUT2D eigenvalue weighted by atomic mass is 9.96. The number of carbonyl (C=O) groups is 1. The van der Waals surface area contributed by atoms with Gasteiger partial charge in [-0.15, -0.1) is 0 Å². The monoisotopic (exact) mass is 346 g/mol. The Labute approximate surface area is 132 Å². The largest absolute Gasteiger partial charge is 0.493 e. The van der Waals surface area contributed by atoms with Crippen LogP contribution in [0, 0.1) is 0 Å². The minimum absolute atomic E-state index is 0.158. The normalized spacial score (nSPS) is 10.0. The quantitative estimate of drug-likeness (QED) is 0.590. The van der Waals surface area contributed by atoms with E-state index in [-0.39, 0.29) is 5.78 Å². The number of methoxy groups -OCH3 is 2. The van der Waals surface area contributed by atoms with Gasteiger partial charge in [0.15, 0.2) is 17.3 Å². The molecule has 0 heterocycles. The first-order valence-corrected chi connectivity index (χ1v) is 7.08. The Morgan fingerprint density at radius 3 is 2.19 bits per heavy atom. The van der Waals surface area contributed by atoms with Crippen molar-refractivity contribution in [2.24, 2.45) is 0 Å². The molecule has 0 aliphatic rings. The molecule has 0 aliphatic heterocycles. The van der Waals surface area contributed by atoms with E-state index in [9.17, 15) is 4.79 Å². The number of ether oxygens (including phenoxy) is 2. The summed E-state index contributed by atoms with van der Waals surface area (Å²) in [5.41, 5.74) is 2.24. The van der Waals surface area contributed by atoms with E-state index in [4.69, 9.17) is 9.47 Å². The topological polar surface area (TPSA) is 35.5 Å². The molecule has 0 aliphatic carbocycles. The third-order valence-corrected chi connectivity index (χ3v) is 3.66. The van der Waals surface area contributed by atoms with E-state index in [0.29, 0.717) is 17.1 Å². The van der Waals surface area contributed by atoms with Crippen LogP contribution in [0.5, 0.6) is 11.5 Å². The van der Waals surface area contributed by atoms with Crippen LogP contribution in [-0.2, 0) is 0 Å². The molecule has 0 amide bonds. The summed E-state index contributed by atoms with van der Waals surface area (Å²) >= 11 is 3.40. The molecular formula is C17H15BrO3. The summed E-state index contributed by atoms with van der Waals surface area (Å²) < 4.78 is 11.6. The van der Waals surface area contributed by atoms with Crippen molar-refractivity contribution in [3.8, 4) is 22.6 Å². The lowest BCUT2D eigenvalue weighted by Crippen LogP contribution is -2.01. The number of hydrogen-bond acceptors (Lipinski definition) is 3. The van der Waals surface area contributed by atoms with Gasteiger partial charge in [-0.3, -0.25) is 4.79 Å².